The van der Waals surface area contributed by atoms with E-state index in [4.69, 9.17) is 4.98 Å². The fourth-order valence-electron chi connectivity index (χ4n) is 6.20. The number of aromatic nitrogens is 2. The van der Waals surface area contributed by atoms with Gasteiger partial charge in [-0.3, -0.25) is 4.98 Å². The standard InChI is InChI=1S/C38H39N2.Ir/c1-22(2)28-19-31(23(3)4)37(32(20-28)24(5)6)35-21-39-38-30-16-12-15-29(27-13-10-9-11-14-27)36(30)33-17-25(7)26(8)18-34(33)40(35)38;/h9-15,17-24H,1-8H3;/q-1;. The van der Waals surface area contributed by atoms with Gasteiger partial charge in [-0.25, -0.2) is 0 Å². The summed E-state index contributed by atoms with van der Waals surface area (Å²) in [6.45, 7) is 18.3. The molecule has 0 atom stereocenters. The number of aryl methyl sites for hydroxylation is 2. The Morgan fingerprint density at radius 3 is 2.00 bits per heavy atom. The van der Waals surface area contributed by atoms with Crippen LogP contribution in [0.4, 0.5) is 0 Å². The maximum absolute atomic E-state index is 5.15. The summed E-state index contributed by atoms with van der Waals surface area (Å²) in [4.78, 5) is 5.15. The third kappa shape index (κ3) is 4.84. The molecule has 0 aliphatic carbocycles. The Morgan fingerprint density at radius 1 is 0.756 bits per heavy atom. The van der Waals surface area contributed by atoms with Gasteiger partial charge in [-0.15, -0.1) is 18.2 Å². The van der Waals surface area contributed by atoms with Crippen molar-refractivity contribution < 1.29 is 20.1 Å². The van der Waals surface area contributed by atoms with Gasteiger partial charge in [0.25, 0.3) is 0 Å². The van der Waals surface area contributed by atoms with Gasteiger partial charge in [0.1, 0.15) is 0 Å². The Bertz CT molecular complexity index is 1860. The molecule has 0 aliphatic rings. The molecule has 1 radical (unpaired) electrons. The molecule has 0 saturated heterocycles. The Balaban J connectivity index is 0.00000337. The molecule has 2 heterocycles. The maximum atomic E-state index is 5.15. The smallest absolute Gasteiger partial charge is 0.0639 e. The Labute approximate surface area is 258 Å². The molecule has 0 saturated carbocycles. The molecule has 0 aliphatic heterocycles. The quantitative estimate of drug-likeness (QED) is 0.128. The predicted octanol–water partition coefficient (Wildman–Crippen LogP) is 10.8. The van der Waals surface area contributed by atoms with Gasteiger partial charge in [0.2, 0.25) is 0 Å². The summed E-state index contributed by atoms with van der Waals surface area (Å²) >= 11 is 0. The number of fused-ring (bicyclic) bond motifs is 6. The normalized spacial score (nSPS) is 11.9. The van der Waals surface area contributed by atoms with E-state index in [2.05, 4.69) is 139 Å². The van der Waals surface area contributed by atoms with Crippen LogP contribution in [0, 0.1) is 19.9 Å². The van der Waals surface area contributed by atoms with E-state index in [0.29, 0.717) is 17.8 Å². The van der Waals surface area contributed by atoms with Gasteiger partial charge in [0, 0.05) is 37.4 Å². The zero-order chi connectivity index (χ0) is 28.3. The van der Waals surface area contributed by atoms with Crippen LogP contribution in [0.2, 0.25) is 0 Å². The van der Waals surface area contributed by atoms with E-state index in [9.17, 15) is 0 Å². The Hall–Kier alpha value is -3.26. The average Bonchev–Trinajstić information content (AvgIpc) is 3.38. The number of benzene rings is 4. The van der Waals surface area contributed by atoms with Crippen molar-refractivity contribution >= 4 is 27.3 Å². The monoisotopic (exact) mass is 716 g/mol. The number of hydrogen-bond acceptors (Lipinski definition) is 1. The van der Waals surface area contributed by atoms with E-state index in [0.717, 1.165) is 11.0 Å². The van der Waals surface area contributed by atoms with Gasteiger partial charge in [-0.2, -0.15) is 0 Å². The van der Waals surface area contributed by atoms with Crippen LogP contribution in [0.1, 0.15) is 87.1 Å². The van der Waals surface area contributed by atoms with Crippen molar-refractivity contribution in [3.05, 3.63) is 107 Å². The van der Waals surface area contributed by atoms with E-state index < -0.39 is 0 Å². The summed E-state index contributed by atoms with van der Waals surface area (Å²) in [7, 11) is 0. The van der Waals surface area contributed by atoms with Gasteiger partial charge in [-0.1, -0.05) is 106 Å². The first-order valence-electron chi connectivity index (χ1n) is 14.7. The molecule has 0 unspecified atom stereocenters. The van der Waals surface area contributed by atoms with Crippen molar-refractivity contribution in [2.75, 3.05) is 0 Å². The largest absolute Gasteiger partial charge is 0.333 e. The molecular formula is C38H39IrN2-. The van der Waals surface area contributed by atoms with Crippen molar-refractivity contribution in [3.8, 4) is 22.4 Å². The van der Waals surface area contributed by atoms with Crippen LogP contribution >= 0.6 is 0 Å². The zero-order valence-electron chi connectivity index (χ0n) is 25.4. The van der Waals surface area contributed by atoms with Gasteiger partial charge in [0.15, 0.2) is 0 Å². The Morgan fingerprint density at radius 2 is 1.39 bits per heavy atom. The molecule has 0 amide bonds. The molecule has 4 aromatic carbocycles. The SMILES string of the molecule is Cc1cc2c3c(-c4ccccc4)cc[c-]c3c3ncc(-c4c(C(C)C)cc(C(C)C)cc4C(C)C)n3c2cc1C.[Ir]. The van der Waals surface area contributed by atoms with Crippen LogP contribution in [-0.4, -0.2) is 9.38 Å². The van der Waals surface area contributed by atoms with Crippen LogP contribution in [0.3, 0.4) is 0 Å². The van der Waals surface area contributed by atoms with E-state index >= 15 is 0 Å². The van der Waals surface area contributed by atoms with Crippen LogP contribution in [0.15, 0.2) is 72.9 Å². The number of hydrogen-bond donors (Lipinski definition) is 0. The number of imidazole rings is 1. The number of rotatable bonds is 5. The fourth-order valence-corrected chi connectivity index (χ4v) is 6.20. The fraction of sp³-hybridized carbons (Fsp3) is 0.289. The predicted molar refractivity (Wildman–Crippen MR) is 172 cm³/mol. The molecule has 6 rings (SSSR count). The van der Waals surface area contributed by atoms with Gasteiger partial charge in [0.05, 0.1) is 11.3 Å². The third-order valence-corrected chi connectivity index (χ3v) is 8.58. The zero-order valence-corrected chi connectivity index (χ0v) is 27.8. The molecule has 0 fully saturated rings. The van der Waals surface area contributed by atoms with E-state index in [1.54, 1.807) is 0 Å². The third-order valence-electron chi connectivity index (χ3n) is 8.58. The molecular weight excluding hydrogens is 677 g/mol. The summed E-state index contributed by atoms with van der Waals surface area (Å²) in [5.41, 5.74) is 13.9. The molecule has 41 heavy (non-hydrogen) atoms. The maximum Gasteiger partial charge on any atom is 0.0639 e. The number of nitrogens with zero attached hydrogens (tertiary/aromatic N) is 2. The summed E-state index contributed by atoms with van der Waals surface area (Å²) in [6, 6.07) is 28.2. The first-order chi connectivity index (χ1) is 19.2. The van der Waals surface area contributed by atoms with E-state index in [-0.39, 0.29) is 20.1 Å². The molecule has 2 nitrogen and oxygen atoms in total. The minimum absolute atomic E-state index is 0. The summed E-state index contributed by atoms with van der Waals surface area (Å²) in [5.74, 6) is 1.26. The molecule has 2 aromatic heterocycles. The molecule has 211 valence electrons. The van der Waals surface area contributed by atoms with Crippen LogP contribution < -0.4 is 0 Å². The summed E-state index contributed by atoms with van der Waals surface area (Å²) in [5, 5.41) is 3.54. The van der Waals surface area contributed by atoms with Crippen molar-refractivity contribution in [3.63, 3.8) is 0 Å². The molecule has 0 N–H and O–H groups in total. The second-order valence-corrected chi connectivity index (χ2v) is 12.3. The van der Waals surface area contributed by atoms with Gasteiger partial charge < -0.3 is 4.40 Å². The Kier molecular flexibility index (Phi) is 7.98. The van der Waals surface area contributed by atoms with Crippen molar-refractivity contribution in [2.24, 2.45) is 0 Å². The van der Waals surface area contributed by atoms with Crippen LogP contribution in [-0.2, 0) is 20.1 Å². The van der Waals surface area contributed by atoms with Crippen molar-refractivity contribution in [2.45, 2.75) is 73.1 Å². The summed E-state index contributed by atoms with van der Waals surface area (Å²) in [6.07, 6.45) is 2.11. The van der Waals surface area contributed by atoms with E-state index in [1.807, 2.05) is 0 Å². The summed E-state index contributed by atoms with van der Waals surface area (Å²) < 4.78 is 2.41. The minimum Gasteiger partial charge on any atom is -0.333 e. The van der Waals surface area contributed by atoms with Gasteiger partial charge in [-0.05, 0) is 76.4 Å². The minimum atomic E-state index is 0. The number of pyridine rings is 1. The first-order valence-corrected chi connectivity index (χ1v) is 14.7. The van der Waals surface area contributed by atoms with Gasteiger partial charge >= 0.3 is 0 Å². The molecule has 3 heteroatoms. The first kappa shape index (κ1) is 29.2. The molecule has 0 bridgehead atoms. The average molecular weight is 716 g/mol. The van der Waals surface area contributed by atoms with Crippen molar-refractivity contribution in [1.82, 2.24) is 9.38 Å². The van der Waals surface area contributed by atoms with Crippen molar-refractivity contribution in [1.29, 1.82) is 0 Å². The second-order valence-electron chi connectivity index (χ2n) is 12.3. The molecule has 0 spiro atoms. The second kappa shape index (κ2) is 11.2. The van der Waals surface area contributed by atoms with Crippen LogP contribution in [0.5, 0.6) is 0 Å². The molecule has 6 aromatic rings. The van der Waals surface area contributed by atoms with Crippen LogP contribution in [0.25, 0.3) is 49.7 Å². The van der Waals surface area contributed by atoms with E-state index in [1.165, 1.54) is 66.5 Å². The topological polar surface area (TPSA) is 17.3 Å².